The molecule has 0 spiro atoms. The summed E-state index contributed by atoms with van der Waals surface area (Å²) in [5.74, 6) is 1.03. The van der Waals surface area contributed by atoms with Gasteiger partial charge in [-0.25, -0.2) is 0 Å². The molecule has 8 nitrogen and oxygen atoms in total. The van der Waals surface area contributed by atoms with Crippen molar-refractivity contribution in [1.29, 1.82) is 0 Å². The molecule has 2 fully saturated rings. The lowest BCUT2D eigenvalue weighted by atomic mass is 10.1. The third kappa shape index (κ3) is 5.34. The summed E-state index contributed by atoms with van der Waals surface area (Å²) < 4.78 is 10.6. The highest BCUT2D eigenvalue weighted by Gasteiger charge is 2.41. The van der Waals surface area contributed by atoms with Crippen molar-refractivity contribution >= 4 is 17.7 Å². The van der Waals surface area contributed by atoms with Gasteiger partial charge in [0, 0.05) is 44.7 Å². The second kappa shape index (κ2) is 9.79. The Labute approximate surface area is 190 Å². The van der Waals surface area contributed by atoms with Crippen LogP contribution in [0.1, 0.15) is 39.2 Å². The highest BCUT2D eigenvalue weighted by molar-refractivity contribution is 5.89. The molecule has 0 saturated carbocycles. The van der Waals surface area contributed by atoms with Crippen LogP contribution in [0.5, 0.6) is 11.5 Å². The largest absolute Gasteiger partial charge is 0.493 e. The van der Waals surface area contributed by atoms with Gasteiger partial charge in [0.1, 0.15) is 0 Å². The lowest BCUT2D eigenvalue weighted by Crippen LogP contribution is -2.44. The second-order valence-electron chi connectivity index (χ2n) is 9.50. The summed E-state index contributed by atoms with van der Waals surface area (Å²) in [6, 6.07) is 5.49. The van der Waals surface area contributed by atoms with Crippen molar-refractivity contribution in [2.45, 2.75) is 45.6 Å². The van der Waals surface area contributed by atoms with Crippen LogP contribution in [0, 0.1) is 5.92 Å². The van der Waals surface area contributed by atoms with Gasteiger partial charge in [0.05, 0.1) is 26.6 Å². The normalized spacial score (nSPS) is 19.7. The van der Waals surface area contributed by atoms with Crippen LogP contribution in [-0.4, -0.2) is 84.9 Å². The second-order valence-corrected chi connectivity index (χ2v) is 9.50. The molecule has 0 radical (unpaired) electrons. The van der Waals surface area contributed by atoms with E-state index in [1.807, 2.05) is 42.7 Å². The minimum Gasteiger partial charge on any atom is -0.493 e. The molecule has 1 atom stereocenters. The minimum atomic E-state index is -0.296. The number of hydrogen-bond acceptors (Lipinski definition) is 5. The number of hydrogen-bond donors (Lipinski definition) is 0. The van der Waals surface area contributed by atoms with Crippen LogP contribution < -0.4 is 9.47 Å². The summed E-state index contributed by atoms with van der Waals surface area (Å²) in [6.07, 6.45) is 1.27. The molecular formula is C24H35N3O5. The molecule has 176 valence electrons. The number of amides is 3. The fourth-order valence-corrected chi connectivity index (χ4v) is 4.44. The summed E-state index contributed by atoms with van der Waals surface area (Å²) in [4.78, 5) is 43.8. The first-order chi connectivity index (χ1) is 15.1. The molecule has 2 heterocycles. The Morgan fingerprint density at radius 2 is 1.66 bits per heavy atom. The van der Waals surface area contributed by atoms with Crippen molar-refractivity contribution in [2.75, 3.05) is 46.9 Å². The number of carbonyl (C=O) groups excluding carboxylic acids is 3. The van der Waals surface area contributed by atoms with Crippen LogP contribution in [0.15, 0.2) is 18.2 Å². The Kier molecular flexibility index (Phi) is 7.31. The van der Waals surface area contributed by atoms with E-state index in [0.717, 1.165) is 12.0 Å². The summed E-state index contributed by atoms with van der Waals surface area (Å²) in [7, 11) is 3.15. The molecule has 32 heavy (non-hydrogen) atoms. The molecule has 1 aromatic rings. The van der Waals surface area contributed by atoms with Gasteiger partial charge in [0.2, 0.25) is 17.7 Å². The first kappa shape index (κ1) is 23.9. The molecular weight excluding hydrogens is 410 g/mol. The molecule has 0 aliphatic carbocycles. The highest BCUT2D eigenvalue weighted by atomic mass is 16.5. The maximum absolute atomic E-state index is 13.1. The number of nitrogens with zero attached hydrogens (tertiary/aromatic N) is 3. The van der Waals surface area contributed by atoms with Crippen LogP contribution >= 0.6 is 0 Å². The van der Waals surface area contributed by atoms with Gasteiger partial charge in [-0.2, -0.15) is 0 Å². The predicted molar refractivity (Wildman–Crippen MR) is 121 cm³/mol. The number of likely N-dealkylation sites (tertiary alicyclic amines) is 1. The SMILES string of the molecule is COc1ccc(CC(=O)N2CCCN(C(=O)C3CC(=O)N(C(C)(C)C)C3)CC2)cc1OC. The van der Waals surface area contributed by atoms with E-state index in [1.54, 1.807) is 25.2 Å². The van der Waals surface area contributed by atoms with Crippen molar-refractivity contribution in [3.63, 3.8) is 0 Å². The van der Waals surface area contributed by atoms with Crippen LogP contribution in [0.25, 0.3) is 0 Å². The third-order valence-corrected chi connectivity index (χ3v) is 6.25. The Bertz CT molecular complexity index is 864. The quantitative estimate of drug-likeness (QED) is 0.692. The standard InChI is InChI=1S/C24H35N3O5/c1-24(2,3)27-16-18(15-22(27)29)23(30)26-10-6-9-25(11-12-26)21(28)14-17-7-8-19(31-4)20(13-17)32-5/h7-8,13,18H,6,9-12,14-16H2,1-5H3. The van der Waals surface area contributed by atoms with Crippen LogP contribution in [0.3, 0.4) is 0 Å². The average Bonchev–Trinajstić information content (AvgIpc) is 2.99. The Balaban J connectivity index is 1.57. The van der Waals surface area contributed by atoms with Crippen LogP contribution in [0.2, 0.25) is 0 Å². The molecule has 8 heteroatoms. The number of methoxy groups -OCH3 is 2. The van der Waals surface area contributed by atoms with Gasteiger partial charge in [0.25, 0.3) is 0 Å². The Hall–Kier alpha value is -2.77. The van der Waals surface area contributed by atoms with E-state index in [0.29, 0.717) is 44.2 Å². The maximum Gasteiger partial charge on any atom is 0.228 e. The van der Waals surface area contributed by atoms with Crippen molar-refractivity contribution in [3.05, 3.63) is 23.8 Å². The molecule has 1 unspecified atom stereocenters. The van der Waals surface area contributed by atoms with Gasteiger partial charge in [-0.3, -0.25) is 14.4 Å². The van der Waals surface area contributed by atoms with Crippen molar-refractivity contribution in [1.82, 2.24) is 14.7 Å². The monoisotopic (exact) mass is 445 g/mol. The predicted octanol–water partition coefficient (Wildman–Crippen LogP) is 1.95. The zero-order chi connectivity index (χ0) is 23.5. The smallest absolute Gasteiger partial charge is 0.228 e. The molecule has 2 aliphatic heterocycles. The van der Waals surface area contributed by atoms with Gasteiger partial charge in [-0.1, -0.05) is 6.07 Å². The lowest BCUT2D eigenvalue weighted by Gasteiger charge is -2.32. The van der Waals surface area contributed by atoms with Gasteiger partial charge in [-0.15, -0.1) is 0 Å². The van der Waals surface area contributed by atoms with Crippen molar-refractivity contribution in [2.24, 2.45) is 5.92 Å². The van der Waals surface area contributed by atoms with E-state index in [1.165, 1.54) is 0 Å². The number of ether oxygens (including phenoxy) is 2. The van der Waals surface area contributed by atoms with Gasteiger partial charge in [0.15, 0.2) is 11.5 Å². The van der Waals surface area contributed by atoms with E-state index in [9.17, 15) is 14.4 Å². The summed E-state index contributed by atoms with van der Waals surface area (Å²) in [6.45, 7) is 8.67. The van der Waals surface area contributed by atoms with E-state index in [2.05, 4.69) is 0 Å². The van der Waals surface area contributed by atoms with E-state index in [-0.39, 0.29) is 42.0 Å². The van der Waals surface area contributed by atoms with Gasteiger partial charge in [-0.05, 0) is 44.9 Å². The Morgan fingerprint density at radius 1 is 1.00 bits per heavy atom. The number of benzene rings is 1. The van der Waals surface area contributed by atoms with E-state index in [4.69, 9.17) is 9.47 Å². The maximum atomic E-state index is 13.1. The molecule has 3 rings (SSSR count). The third-order valence-electron chi connectivity index (χ3n) is 6.25. The molecule has 0 N–H and O–H groups in total. The average molecular weight is 446 g/mol. The fraction of sp³-hybridized carbons (Fsp3) is 0.625. The molecule has 1 aromatic carbocycles. The summed E-state index contributed by atoms with van der Waals surface area (Å²) >= 11 is 0. The summed E-state index contributed by atoms with van der Waals surface area (Å²) in [5, 5.41) is 0. The highest BCUT2D eigenvalue weighted by Crippen LogP contribution is 2.29. The molecule has 0 bridgehead atoms. The minimum absolute atomic E-state index is 0.0271. The first-order valence-corrected chi connectivity index (χ1v) is 11.2. The molecule has 3 amide bonds. The van der Waals surface area contributed by atoms with Gasteiger partial charge >= 0.3 is 0 Å². The molecule has 2 aliphatic rings. The zero-order valence-electron chi connectivity index (χ0n) is 19.8. The number of rotatable bonds is 5. The first-order valence-electron chi connectivity index (χ1n) is 11.2. The van der Waals surface area contributed by atoms with Crippen molar-refractivity contribution in [3.8, 4) is 11.5 Å². The van der Waals surface area contributed by atoms with E-state index < -0.39 is 0 Å². The lowest BCUT2D eigenvalue weighted by molar-refractivity contribution is -0.136. The zero-order valence-corrected chi connectivity index (χ0v) is 19.8. The summed E-state index contributed by atoms with van der Waals surface area (Å²) in [5.41, 5.74) is 0.578. The topological polar surface area (TPSA) is 79.4 Å². The Morgan fingerprint density at radius 3 is 2.28 bits per heavy atom. The number of carbonyl (C=O) groups is 3. The van der Waals surface area contributed by atoms with Crippen LogP contribution in [0.4, 0.5) is 0 Å². The molecule has 0 aromatic heterocycles. The van der Waals surface area contributed by atoms with Crippen LogP contribution in [-0.2, 0) is 20.8 Å². The molecule has 2 saturated heterocycles. The van der Waals surface area contributed by atoms with Gasteiger partial charge < -0.3 is 24.2 Å². The van der Waals surface area contributed by atoms with Crippen molar-refractivity contribution < 1.29 is 23.9 Å². The fourth-order valence-electron chi connectivity index (χ4n) is 4.44. The van der Waals surface area contributed by atoms with E-state index >= 15 is 0 Å².